The zero-order chi connectivity index (χ0) is 38.2. The summed E-state index contributed by atoms with van der Waals surface area (Å²) in [4.78, 5) is 43.8. The summed E-state index contributed by atoms with van der Waals surface area (Å²) in [7, 11) is -2.57. The quantitative estimate of drug-likeness (QED) is 0.117. The van der Waals surface area contributed by atoms with Gasteiger partial charge in [-0.1, -0.05) is 64.4 Å². The van der Waals surface area contributed by atoms with Gasteiger partial charge in [-0.15, -0.1) is 11.3 Å². The van der Waals surface area contributed by atoms with Crippen molar-refractivity contribution >= 4 is 38.3 Å². The van der Waals surface area contributed by atoms with Crippen molar-refractivity contribution in [2.24, 2.45) is 11.8 Å². The van der Waals surface area contributed by atoms with Crippen LogP contribution in [0, 0.1) is 11.8 Å². The molecule has 0 aliphatic carbocycles. The molecule has 0 unspecified atom stereocenters. The lowest BCUT2D eigenvalue weighted by Crippen LogP contribution is -2.53. The molecule has 0 saturated heterocycles. The molecule has 4 aromatic rings. The molecule has 2 aromatic carbocycles. The molecule has 0 radical (unpaired) electrons. The van der Waals surface area contributed by atoms with Crippen LogP contribution in [-0.4, -0.2) is 81.2 Å². The first-order chi connectivity index (χ1) is 24.6. The molecule has 2 amide bonds. The van der Waals surface area contributed by atoms with E-state index in [4.69, 9.17) is 4.74 Å². The molecule has 0 bridgehead atoms. The minimum Gasteiger partial charge on any atom is -0.497 e. The molecule has 4 rings (SSSR count). The van der Waals surface area contributed by atoms with Gasteiger partial charge in [0.1, 0.15) is 11.8 Å². The van der Waals surface area contributed by atoms with Crippen LogP contribution in [0.25, 0.3) is 0 Å². The van der Waals surface area contributed by atoms with Crippen LogP contribution in [0.3, 0.4) is 0 Å². The largest absolute Gasteiger partial charge is 0.497 e. The number of hydrogen-bond donors (Lipinski definition) is 4. The van der Waals surface area contributed by atoms with E-state index in [0.717, 1.165) is 10.1 Å². The molecule has 4 N–H and O–H groups in total. The monoisotopic (exact) mass is 756 g/mol. The van der Waals surface area contributed by atoms with Crippen LogP contribution in [0.1, 0.15) is 58.3 Å². The number of amides is 2. The zero-order valence-electron chi connectivity index (χ0n) is 30.2. The van der Waals surface area contributed by atoms with Crippen molar-refractivity contribution in [1.82, 2.24) is 23.7 Å². The van der Waals surface area contributed by atoms with Crippen molar-refractivity contribution < 1.29 is 33.0 Å². The second-order valence-electron chi connectivity index (χ2n) is 13.2. The minimum absolute atomic E-state index is 0.0364. The van der Waals surface area contributed by atoms with Gasteiger partial charge in [-0.05, 0) is 48.1 Å². The number of hydrogen-bond acceptors (Lipinski definition) is 10. The maximum Gasteiger partial charge on any atom is 0.332 e. The first-order valence-electron chi connectivity index (χ1n) is 17.0. The average molecular weight is 757 g/mol. The molecule has 4 atom stereocenters. The summed E-state index contributed by atoms with van der Waals surface area (Å²) >= 11 is 1.17. The fourth-order valence-electron chi connectivity index (χ4n) is 5.80. The zero-order valence-corrected chi connectivity index (χ0v) is 31.9. The number of aliphatic hydroxyl groups is 1. The molecule has 2 aromatic heterocycles. The number of sulfonamides is 1. The Morgan fingerprint density at radius 1 is 1.06 bits per heavy atom. The van der Waals surface area contributed by atoms with Crippen molar-refractivity contribution in [2.75, 3.05) is 25.5 Å². The van der Waals surface area contributed by atoms with Gasteiger partial charge in [0, 0.05) is 25.4 Å². The lowest BCUT2D eigenvalue weighted by molar-refractivity contribution is -0.127. The molecule has 16 heteroatoms. The Labute approximate surface area is 308 Å². The molecule has 0 fully saturated rings. The Morgan fingerprint density at radius 2 is 1.73 bits per heavy atom. The summed E-state index contributed by atoms with van der Waals surface area (Å²) in [5, 5.41) is 30.2. The molecule has 0 aliphatic heterocycles. The van der Waals surface area contributed by atoms with Crippen molar-refractivity contribution in [3.63, 3.8) is 0 Å². The predicted molar refractivity (Wildman–Crippen MR) is 199 cm³/mol. The Balaban J connectivity index is 1.65. The number of nitrogens with one attached hydrogen (secondary N) is 2. The number of anilines is 1. The predicted octanol–water partition coefficient (Wildman–Crippen LogP) is 3.85. The summed E-state index contributed by atoms with van der Waals surface area (Å²) in [6, 6.07) is 13.1. The van der Waals surface area contributed by atoms with Gasteiger partial charge < -0.3 is 25.6 Å². The normalized spacial score (nSPS) is 14.2. The third-order valence-electron chi connectivity index (χ3n) is 8.64. The number of aliphatic hydroxyl groups excluding tert-OH is 1. The molecule has 0 aliphatic rings. The van der Waals surface area contributed by atoms with Gasteiger partial charge >= 0.3 is 5.69 Å². The third kappa shape index (κ3) is 10.1. The highest BCUT2D eigenvalue weighted by Crippen LogP contribution is 2.26. The summed E-state index contributed by atoms with van der Waals surface area (Å²) in [6.45, 7) is 8.47. The molecule has 52 heavy (non-hydrogen) atoms. The number of nitrogens with zero attached hydrogens (tertiary/aromatic N) is 4. The first kappa shape index (κ1) is 40.3. The van der Waals surface area contributed by atoms with Crippen LogP contribution >= 0.6 is 11.3 Å². The minimum atomic E-state index is -4.06. The van der Waals surface area contributed by atoms with E-state index in [1.807, 2.05) is 51.1 Å². The SMILES string of the molecule is CC[C@H](C)[C@@H](C(=O)N[C@@H](Cc1ccccc1)[C@@H](O)CN(CC(C)C)S(=O)(=O)c1ccc(OC)cc1)n1cc(O)n(Cc2csc(NC(C)=O)n2)c1=O. The van der Waals surface area contributed by atoms with Crippen LogP contribution < -0.4 is 21.1 Å². The van der Waals surface area contributed by atoms with Gasteiger partial charge in [0.05, 0.1) is 42.6 Å². The lowest BCUT2D eigenvalue weighted by Gasteiger charge is -2.32. The summed E-state index contributed by atoms with van der Waals surface area (Å²) in [5.41, 5.74) is 0.569. The third-order valence-corrected chi connectivity index (χ3v) is 11.3. The molecule has 0 spiro atoms. The number of ether oxygens (including phenoxy) is 1. The van der Waals surface area contributed by atoms with E-state index in [9.17, 15) is 33.0 Å². The smallest absolute Gasteiger partial charge is 0.332 e. The van der Waals surface area contributed by atoms with Gasteiger partial charge in [0.15, 0.2) is 5.13 Å². The van der Waals surface area contributed by atoms with Gasteiger partial charge in [-0.3, -0.25) is 18.7 Å². The molecular formula is C36H48N6O8S2. The van der Waals surface area contributed by atoms with Crippen LogP contribution in [0.5, 0.6) is 11.6 Å². The van der Waals surface area contributed by atoms with Crippen molar-refractivity contribution in [3.05, 3.63) is 87.9 Å². The van der Waals surface area contributed by atoms with E-state index in [2.05, 4.69) is 15.6 Å². The van der Waals surface area contributed by atoms with Gasteiger partial charge in [0.25, 0.3) is 0 Å². The molecular weight excluding hydrogens is 709 g/mol. The maximum atomic E-state index is 14.3. The molecule has 0 saturated carbocycles. The van der Waals surface area contributed by atoms with Gasteiger partial charge in [-0.25, -0.2) is 18.2 Å². The van der Waals surface area contributed by atoms with E-state index in [1.165, 1.54) is 52.6 Å². The van der Waals surface area contributed by atoms with Crippen LogP contribution in [0.15, 0.2) is 75.9 Å². The Morgan fingerprint density at radius 3 is 2.33 bits per heavy atom. The topological polar surface area (TPSA) is 185 Å². The average Bonchev–Trinajstić information content (AvgIpc) is 3.66. The second kappa shape index (κ2) is 17.8. The van der Waals surface area contributed by atoms with Crippen molar-refractivity contribution in [3.8, 4) is 11.6 Å². The Hall–Kier alpha value is -4.51. The standard InChI is InChI=1S/C36H48N6O8S2/c1-7-24(4)33(42-21-32(45)41(36(42)47)19-27-22-51-35(38-27)37-25(5)43)34(46)39-30(17-26-11-9-8-10-12-26)31(44)20-40(18-23(2)3)52(48,49)29-15-13-28(50-6)14-16-29/h8-16,21-24,30-31,33,44-45H,7,17-20H2,1-6H3,(H,39,46)(H,37,38,43)/t24-,30-,31-,33-/m0/s1. The van der Waals surface area contributed by atoms with E-state index in [-0.39, 0.29) is 54.6 Å². The summed E-state index contributed by atoms with van der Waals surface area (Å²) < 4.78 is 36.4. The fraction of sp³-hybridized carbons (Fsp3) is 0.444. The van der Waals surface area contributed by atoms with E-state index < -0.39 is 39.8 Å². The summed E-state index contributed by atoms with van der Waals surface area (Å²) in [6.07, 6.45) is 0.511. The maximum absolute atomic E-state index is 14.3. The van der Waals surface area contributed by atoms with Crippen molar-refractivity contribution in [1.29, 1.82) is 0 Å². The van der Waals surface area contributed by atoms with Crippen LogP contribution in [-0.2, 0) is 32.6 Å². The van der Waals surface area contributed by atoms with Crippen molar-refractivity contribution in [2.45, 2.75) is 77.1 Å². The number of aromatic hydroxyl groups is 1. The number of rotatable bonds is 18. The van der Waals surface area contributed by atoms with Crippen LogP contribution in [0.2, 0.25) is 0 Å². The first-order valence-corrected chi connectivity index (χ1v) is 19.4. The fourth-order valence-corrected chi connectivity index (χ4v) is 8.17. The Bertz CT molecular complexity index is 1960. The van der Waals surface area contributed by atoms with E-state index in [1.54, 1.807) is 24.4 Å². The number of imidazole rings is 1. The second-order valence-corrected chi connectivity index (χ2v) is 16.0. The Kier molecular flexibility index (Phi) is 13.8. The number of methoxy groups -OCH3 is 1. The van der Waals surface area contributed by atoms with E-state index >= 15 is 0 Å². The highest BCUT2D eigenvalue weighted by Gasteiger charge is 2.35. The van der Waals surface area contributed by atoms with Crippen LogP contribution in [0.4, 0.5) is 5.13 Å². The van der Waals surface area contributed by atoms with Gasteiger partial charge in [0.2, 0.25) is 27.7 Å². The molecule has 282 valence electrons. The number of thiazole rings is 1. The molecule has 2 heterocycles. The number of aromatic nitrogens is 3. The lowest BCUT2D eigenvalue weighted by atomic mass is 9.96. The number of benzene rings is 2. The highest BCUT2D eigenvalue weighted by molar-refractivity contribution is 7.89. The summed E-state index contributed by atoms with van der Waals surface area (Å²) in [5.74, 6) is -1.23. The van der Waals surface area contributed by atoms with Gasteiger partial charge in [-0.2, -0.15) is 4.31 Å². The molecule has 14 nitrogen and oxygen atoms in total. The number of carbonyl (C=O) groups is 2. The highest BCUT2D eigenvalue weighted by atomic mass is 32.2. The number of carbonyl (C=O) groups excluding carboxylic acids is 2. The van der Waals surface area contributed by atoms with E-state index in [0.29, 0.717) is 23.0 Å².